The maximum absolute atomic E-state index is 12.4. The summed E-state index contributed by atoms with van der Waals surface area (Å²) in [7, 11) is 0. The van der Waals surface area contributed by atoms with Gasteiger partial charge in [0.15, 0.2) is 0 Å². The number of rotatable bonds is 6. The van der Waals surface area contributed by atoms with Gasteiger partial charge < -0.3 is 5.73 Å². The molecule has 1 aliphatic rings. The van der Waals surface area contributed by atoms with Crippen LogP contribution in [0.2, 0.25) is 0 Å². The zero-order chi connectivity index (χ0) is 12.7. The van der Waals surface area contributed by atoms with Crippen LogP contribution in [0.25, 0.3) is 0 Å². The third kappa shape index (κ3) is 4.42. The molecule has 1 aliphatic carbocycles. The Bertz CT molecular complexity index is 227. The number of carbonyl (C=O) groups excluding carboxylic acids is 1. The molecule has 0 unspecified atom stereocenters. The topological polar surface area (TPSA) is 43.1 Å². The fraction of sp³-hybridized carbons (Fsp3) is 0.933. The third-order valence-corrected chi connectivity index (χ3v) is 4.23. The van der Waals surface area contributed by atoms with Crippen molar-refractivity contribution in [2.75, 3.05) is 6.54 Å². The lowest BCUT2D eigenvalue weighted by Gasteiger charge is -2.29. The van der Waals surface area contributed by atoms with Gasteiger partial charge in [-0.1, -0.05) is 46.0 Å². The van der Waals surface area contributed by atoms with E-state index < -0.39 is 0 Å². The Morgan fingerprint density at radius 2 is 1.76 bits per heavy atom. The molecule has 17 heavy (non-hydrogen) atoms. The molecule has 100 valence electrons. The molecule has 0 atom stereocenters. The predicted molar refractivity (Wildman–Crippen MR) is 72.9 cm³/mol. The van der Waals surface area contributed by atoms with Gasteiger partial charge in [-0.3, -0.25) is 4.79 Å². The molecule has 2 N–H and O–H groups in total. The fourth-order valence-electron chi connectivity index (χ4n) is 2.94. The number of nitrogens with two attached hydrogens (primary N) is 1. The second-order valence-corrected chi connectivity index (χ2v) is 6.11. The van der Waals surface area contributed by atoms with E-state index in [0.717, 1.165) is 32.1 Å². The van der Waals surface area contributed by atoms with E-state index in [9.17, 15) is 4.79 Å². The summed E-state index contributed by atoms with van der Waals surface area (Å²) in [5.41, 5.74) is 5.76. The number of hydrogen-bond donors (Lipinski definition) is 1. The van der Waals surface area contributed by atoms with Crippen molar-refractivity contribution in [3.63, 3.8) is 0 Å². The second-order valence-electron chi connectivity index (χ2n) is 6.11. The Balaban J connectivity index is 2.49. The lowest BCUT2D eigenvalue weighted by molar-refractivity contribution is -0.129. The van der Waals surface area contributed by atoms with Crippen LogP contribution in [0.1, 0.15) is 71.6 Å². The second kappa shape index (κ2) is 7.15. The molecule has 1 fully saturated rings. The van der Waals surface area contributed by atoms with E-state index in [1.807, 2.05) is 0 Å². The minimum Gasteiger partial charge on any atom is -0.329 e. The van der Waals surface area contributed by atoms with Crippen LogP contribution in [0.4, 0.5) is 0 Å². The minimum atomic E-state index is -0.159. The zero-order valence-corrected chi connectivity index (χ0v) is 11.6. The van der Waals surface area contributed by atoms with Crippen LogP contribution >= 0.6 is 0 Å². The first-order valence-corrected chi connectivity index (χ1v) is 7.34. The highest BCUT2D eigenvalue weighted by atomic mass is 16.1. The van der Waals surface area contributed by atoms with Gasteiger partial charge in [-0.05, 0) is 25.2 Å². The lowest BCUT2D eigenvalue weighted by Crippen LogP contribution is -2.38. The first-order chi connectivity index (χ1) is 8.10. The van der Waals surface area contributed by atoms with Crippen molar-refractivity contribution in [3.05, 3.63) is 0 Å². The molecular formula is C15H29NO. The van der Waals surface area contributed by atoms with Crippen LogP contribution in [-0.4, -0.2) is 12.3 Å². The molecule has 0 aromatic carbocycles. The number of ketones is 1. The summed E-state index contributed by atoms with van der Waals surface area (Å²) in [4.78, 5) is 12.4. The highest BCUT2D eigenvalue weighted by Gasteiger charge is 2.36. The van der Waals surface area contributed by atoms with Gasteiger partial charge in [-0.25, -0.2) is 0 Å². The molecule has 0 bridgehead atoms. The molecule has 0 aliphatic heterocycles. The van der Waals surface area contributed by atoms with Crippen LogP contribution in [0, 0.1) is 11.3 Å². The van der Waals surface area contributed by atoms with Crippen molar-refractivity contribution in [2.45, 2.75) is 71.6 Å². The monoisotopic (exact) mass is 239 g/mol. The van der Waals surface area contributed by atoms with Crippen LogP contribution < -0.4 is 5.73 Å². The average molecular weight is 239 g/mol. The first-order valence-electron chi connectivity index (χ1n) is 7.34. The molecule has 0 heterocycles. The molecule has 2 heteroatoms. The lowest BCUT2D eigenvalue weighted by atomic mass is 9.75. The molecule has 0 radical (unpaired) electrons. The Hall–Kier alpha value is -0.370. The quantitative estimate of drug-likeness (QED) is 0.718. The maximum atomic E-state index is 12.4. The molecule has 1 saturated carbocycles. The van der Waals surface area contributed by atoms with Crippen LogP contribution in [0.15, 0.2) is 0 Å². The molecule has 1 rings (SSSR count). The smallest absolute Gasteiger partial charge is 0.140 e. The highest BCUT2D eigenvalue weighted by Crippen LogP contribution is 2.36. The van der Waals surface area contributed by atoms with E-state index in [4.69, 9.17) is 5.73 Å². The predicted octanol–water partition coefficient (Wildman–Crippen LogP) is 3.68. The van der Waals surface area contributed by atoms with E-state index in [1.165, 1.54) is 25.7 Å². The van der Waals surface area contributed by atoms with Crippen molar-refractivity contribution < 1.29 is 4.79 Å². The van der Waals surface area contributed by atoms with Crippen molar-refractivity contribution in [1.29, 1.82) is 0 Å². The maximum Gasteiger partial charge on any atom is 0.140 e. The van der Waals surface area contributed by atoms with Crippen molar-refractivity contribution >= 4 is 5.78 Å². The van der Waals surface area contributed by atoms with Crippen LogP contribution in [0.5, 0.6) is 0 Å². The Labute approximate surface area is 106 Å². The first kappa shape index (κ1) is 14.7. The van der Waals surface area contributed by atoms with E-state index in [1.54, 1.807) is 0 Å². The number of carbonyl (C=O) groups is 1. The van der Waals surface area contributed by atoms with Crippen molar-refractivity contribution in [1.82, 2.24) is 0 Å². The van der Waals surface area contributed by atoms with Gasteiger partial charge in [0, 0.05) is 18.4 Å². The van der Waals surface area contributed by atoms with Gasteiger partial charge in [0.25, 0.3) is 0 Å². The standard InChI is InChI=1S/C15H29NO/c1-13(2)8-7-9-14(17)15(12-16)10-5-3-4-6-11-15/h13H,3-12,16H2,1-2H3. The summed E-state index contributed by atoms with van der Waals surface area (Å²) in [6.45, 7) is 5.00. The number of Topliss-reactive ketones (excluding diaryl/α,β-unsaturated/α-hetero) is 1. The SMILES string of the molecule is CC(C)CCCC(=O)C1(CN)CCCCCC1. The van der Waals surface area contributed by atoms with Gasteiger partial charge in [-0.2, -0.15) is 0 Å². The summed E-state index contributed by atoms with van der Waals surface area (Å²) < 4.78 is 0. The molecule has 0 saturated heterocycles. The summed E-state index contributed by atoms with van der Waals surface area (Å²) >= 11 is 0. The largest absolute Gasteiger partial charge is 0.329 e. The van der Waals surface area contributed by atoms with Gasteiger partial charge in [0.1, 0.15) is 5.78 Å². The zero-order valence-electron chi connectivity index (χ0n) is 11.6. The van der Waals surface area contributed by atoms with Gasteiger partial charge in [0.05, 0.1) is 0 Å². The molecule has 2 nitrogen and oxygen atoms in total. The fourth-order valence-corrected chi connectivity index (χ4v) is 2.94. The molecule has 0 amide bonds. The van der Waals surface area contributed by atoms with Gasteiger partial charge >= 0.3 is 0 Å². The normalized spacial score (nSPS) is 20.2. The molecule has 0 spiro atoms. The van der Waals surface area contributed by atoms with E-state index in [2.05, 4.69) is 13.8 Å². The molecule has 0 aromatic rings. The van der Waals surface area contributed by atoms with Gasteiger partial charge in [-0.15, -0.1) is 0 Å². The molecule has 0 aromatic heterocycles. The summed E-state index contributed by atoms with van der Waals surface area (Å²) in [6.07, 6.45) is 9.94. The summed E-state index contributed by atoms with van der Waals surface area (Å²) in [5, 5.41) is 0. The van der Waals surface area contributed by atoms with Crippen molar-refractivity contribution in [2.24, 2.45) is 17.1 Å². The van der Waals surface area contributed by atoms with Crippen molar-refractivity contribution in [3.8, 4) is 0 Å². The van der Waals surface area contributed by atoms with E-state index in [0.29, 0.717) is 18.2 Å². The molecular weight excluding hydrogens is 210 g/mol. The average Bonchev–Trinajstić information content (AvgIpc) is 2.54. The van der Waals surface area contributed by atoms with Gasteiger partial charge in [0.2, 0.25) is 0 Å². The van der Waals surface area contributed by atoms with Crippen LogP contribution in [-0.2, 0) is 4.79 Å². The highest BCUT2D eigenvalue weighted by molar-refractivity contribution is 5.85. The van der Waals surface area contributed by atoms with E-state index in [-0.39, 0.29) is 5.41 Å². The third-order valence-electron chi connectivity index (χ3n) is 4.23. The Morgan fingerprint density at radius 3 is 2.24 bits per heavy atom. The Morgan fingerprint density at radius 1 is 1.18 bits per heavy atom. The van der Waals surface area contributed by atoms with E-state index >= 15 is 0 Å². The number of hydrogen-bond acceptors (Lipinski definition) is 2. The van der Waals surface area contributed by atoms with Crippen LogP contribution in [0.3, 0.4) is 0 Å². The summed E-state index contributed by atoms with van der Waals surface area (Å²) in [5.74, 6) is 1.15. The summed E-state index contributed by atoms with van der Waals surface area (Å²) in [6, 6.07) is 0. The minimum absolute atomic E-state index is 0.159. The Kier molecular flexibility index (Phi) is 6.18.